The molecular weight excluding hydrogens is 651 g/mol. The predicted molar refractivity (Wildman–Crippen MR) is 181 cm³/mol. The standard InChI is InChI=1S/C29H35N9O5S3/c1-2-38(17-19-8-12-32-13-9-19)29-35-21(18-45-29)16-34-20-5-3-6-22(15-20)46(42,43)37-23-10-14-44-25(23)26(39)36-24(27(40)41)7-4-11-33-28(30)31/h3,5-6,8-10,12-15,18,24,34,37H,2,4,7,11,16-17H2,1H3,(H,36,39)(H,40,41)(H4,30,31,33). The van der Waals surface area contributed by atoms with Gasteiger partial charge in [0.1, 0.15) is 10.9 Å². The van der Waals surface area contributed by atoms with E-state index in [0.29, 0.717) is 25.2 Å². The fourth-order valence-corrected chi connectivity index (χ4v) is 7.09. The number of nitrogens with zero attached hydrogens (tertiary/aromatic N) is 4. The molecule has 1 aromatic carbocycles. The van der Waals surface area contributed by atoms with Crippen LogP contribution >= 0.6 is 22.7 Å². The Bertz CT molecular complexity index is 1760. The quantitative estimate of drug-likeness (QED) is 0.0538. The number of guanidine groups is 1. The Morgan fingerprint density at radius 2 is 1.91 bits per heavy atom. The van der Waals surface area contributed by atoms with E-state index in [-0.39, 0.29) is 34.4 Å². The maximum Gasteiger partial charge on any atom is 0.326 e. The van der Waals surface area contributed by atoms with Crippen molar-refractivity contribution >= 4 is 67.0 Å². The number of benzene rings is 1. The molecule has 3 aromatic heterocycles. The van der Waals surface area contributed by atoms with Crippen LogP contribution in [-0.4, -0.2) is 60.5 Å². The van der Waals surface area contributed by atoms with Crippen LogP contribution in [0.2, 0.25) is 0 Å². The molecule has 0 aliphatic heterocycles. The van der Waals surface area contributed by atoms with Crippen molar-refractivity contribution in [2.75, 3.05) is 28.0 Å². The summed E-state index contributed by atoms with van der Waals surface area (Å²) in [6.45, 7) is 4.14. The van der Waals surface area contributed by atoms with Crippen LogP contribution in [0.3, 0.4) is 0 Å². The monoisotopic (exact) mass is 685 g/mol. The molecule has 17 heteroatoms. The topological polar surface area (TPSA) is 218 Å². The molecule has 14 nitrogen and oxygen atoms in total. The predicted octanol–water partition coefficient (Wildman–Crippen LogP) is 3.28. The molecule has 244 valence electrons. The molecule has 1 unspecified atom stereocenters. The number of nitrogens with one attached hydrogen (secondary N) is 3. The minimum absolute atomic E-state index is 0.0216. The number of sulfonamides is 1. The highest BCUT2D eigenvalue weighted by molar-refractivity contribution is 7.92. The van der Waals surface area contributed by atoms with Gasteiger partial charge in [-0.2, -0.15) is 0 Å². The summed E-state index contributed by atoms with van der Waals surface area (Å²) in [6.07, 6.45) is 3.92. The summed E-state index contributed by atoms with van der Waals surface area (Å²) in [5.41, 5.74) is 13.1. The molecule has 0 saturated heterocycles. The van der Waals surface area contributed by atoms with Crippen LogP contribution in [-0.2, 0) is 27.9 Å². The Morgan fingerprint density at radius 1 is 1.13 bits per heavy atom. The van der Waals surface area contributed by atoms with Gasteiger partial charge in [0.2, 0.25) is 0 Å². The van der Waals surface area contributed by atoms with Gasteiger partial charge in [-0.3, -0.25) is 19.5 Å². The Balaban J connectivity index is 1.38. The average molecular weight is 686 g/mol. The highest BCUT2D eigenvalue weighted by Crippen LogP contribution is 2.27. The number of rotatable bonds is 17. The van der Waals surface area contributed by atoms with E-state index in [4.69, 9.17) is 16.5 Å². The maximum atomic E-state index is 13.3. The van der Waals surface area contributed by atoms with Crippen molar-refractivity contribution in [3.05, 3.63) is 81.8 Å². The highest BCUT2D eigenvalue weighted by atomic mass is 32.2. The molecule has 0 radical (unpaired) electrons. The van der Waals surface area contributed by atoms with Gasteiger partial charge in [-0.1, -0.05) is 6.07 Å². The summed E-state index contributed by atoms with van der Waals surface area (Å²) in [4.78, 5) is 39.4. The van der Waals surface area contributed by atoms with Gasteiger partial charge in [0.25, 0.3) is 15.9 Å². The number of thiazole rings is 1. The second-order valence-corrected chi connectivity index (χ2v) is 13.4. The lowest BCUT2D eigenvalue weighted by Gasteiger charge is -2.19. The number of hydrogen-bond acceptors (Lipinski definition) is 11. The minimum atomic E-state index is -4.10. The number of carbonyl (C=O) groups excluding carboxylic acids is 1. The van der Waals surface area contributed by atoms with Gasteiger partial charge in [0.15, 0.2) is 11.1 Å². The summed E-state index contributed by atoms with van der Waals surface area (Å²) in [5.74, 6) is -2.07. The number of aromatic nitrogens is 2. The van der Waals surface area contributed by atoms with E-state index in [9.17, 15) is 23.1 Å². The third-order valence-electron chi connectivity index (χ3n) is 6.60. The van der Waals surface area contributed by atoms with E-state index in [0.717, 1.165) is 34.3 Å². The second-order valence-electron chi connectivity index (χ2n) is 9.95. The van der Waals surface area contributed by atoms with E-state index < -0.39 is 27.9 Å². The van der Waals surface area contributed by atoms with Crippen molar-refractivity contribution in [2.24, 2.45) is 16.5 Å². The first-order chi connectivity index (χ1) is 22.1. The molecule has 3 heterocycles. The van der Waals surface area contributed by atoms with Gasteiger partial charge in [-0.15, -0.1) is 22.7 Å². The smallest absolute Gasteiger partial charge is 0.326 e. The number of amides is 1. The van der Waals surface area contributed by atoms with Crippen molar-refractivity contribution in [1.82, 2.24) is 15.3 Å². The largest absolute Gasteiger partial charge is 0.480 e. The van der Waals surface area contributed by atoms with Crippen LogP contribution in [0.25, 0.3) is 0 Å². The number of carbonyl (C=O) groups is 2. The number of nitrogens with two attached hydrogens (primary N) is 2. The molecule has 0 saturated carbocycles. The Morgan fingerprint density at radius 3 is 2.63 bits per heavy atom. The SMILES string of the molecule is CCN(Cc1ccncc1)c1nc(CNc2cccc(S(=O)(=O)Nc3ccsc3C(=O)NC(CCCN=C(N)N)C(=O)O)c2)cs1. The average Bonchev–Trinajstić information content (AvgIpc) is 3.70. The number of carboxylic acid groups (broad SMARTS) is 1. The third-order valence-corrected chi connectivity index (χ3v) is 9.82. The molecule has 1 amide bonds. The summed E-state index contributed by atoms with van der Waals surface area (Å²) < 4.78 is 29.1. The first-order valence-corrected chi connectivity index (χ1v) is 17.4. The molecule has 46 heavy (non-hydrogen) atoms. The Hall–Kier alpha value is -4.74. The number of aliphatic imine (C=N–C) groups is 1. The molecule has 0 fully saturated rings. The van der Waals surface area contributed by atoms with E-state index in [2.05, 4.69) is 37.2 Å². The van der Waals surface area contributed by atoms with Gasteiger partial charge >= 0.3 is 5.97 Å². The van der Waals surface area contributed by atoms with Crippen LogP contribution in [0.15, 0.2) is 75.5 Å². The van der Waals surface area contributed by atoms with Crippen molar-refractivity contribution in [2.45, 2.75) is 43.8 Å². The zero-order chi connectivity index (χ0) is 33.1. The van der Waals surface area contributed by atoms with Crippen molar-refractivity contribution in [3.63, 3.8) is 0 Å². The van der Waals surface area contributed by atoms with Crippen molar-refractivity contribution < 1.29 is 23.1 Å². The highest BCUT2D eigenvalue weighted by Gasteiger charge is 2.25. The molecular formula is C29H35N9O5S3. The van der Waals surface area contributed by atoms with Gasteiger partial charge in [0, 0.05) is 43.1 Å². The summed E-state index contributed by atoms with van der Waals surface area (Å²) in [5, 5.41) is 19.6. The lowest BCUT2D eigenvalue weighted by molar-refractivity contribution is -0.139. The number of thiophene rings is 1. The number of pyridine rings is 1. The normalized spacial score (nSPS) is 11.8. The molecule has 0 aliphatic rings. The first kappa shape index (κ1) is 34.1. The van der Waals surface area contributed by atoms with E-state index in [1.807, 2.05) is 17.5 Å². The number of aliphatic carboxylic acids is 1. The number of anilines is 3. The lowest BCUT2D eigenvalue weighted by Crippen LogP contribution is -2.40. The van der Waals surface area contributed by atoms with Gasteiger partial charge < -0.3 is 32.1 Å². The molecule has 0 aliphatic carbocycles. The maximum absolute atomic E-state index is 13.3. The molecule has 0 spiro atoms. The minimum Gasteiger partial charge on any atom is -0.480 e. The lowest BCUT2D eigenvalue weighted by atomic mass is 10.1. The molecule has 4 aromatic rings. The van der Waals surface area contributed by atoms with E-state index >= 15 is 0 Å². The van der Waals surface area contributed by atoms with E-state index in [1.54, 1.807) is 24.5 Å². The van der Waals surface area contributed by atoms with Crippen LogP contribution in [0.4, 0.5) is 16.5 Å². The van der Waals surface area contributed by atoms with Gasteiger partial charge in [0.05, 0.1) is 22.8 Å². The fraction of sp³-hybridized carbons (Fsp3) is 0.276. The molecule has 0 bridgehead atoms. The summed E-state index contributed by atoms with van der Waals surface area (Å²) in [6, 6.07) is 10.5. The summed E-state index contributed by atoms with van der Waals surface area (Å²) in [7, 11) is -4.10. The number of carboxylic acids is 1. The first-order valence-electron chi connectivity index (χ1n) is 14.2. The van der Waals surface area contributed by atoms with Crippen LogP contribution in [0, 0.1) is 0 Å². The van der Waals surface area contributed by atoms with Crippen molar-refractivity contribution in [1.29, 1.82) is 0 Å². The van der Waals surface area contributed by atoms with Crippen LogP contribution in [0.1, 0.15) is 40.7 Å². The van der Waals surface area contributed by atoms with Gasteiger partial charge in [-0.25, -0.2) is 18.2 Å². The Kier molecular flexibility index (Phi) is 11.9. The fourth-order valence-electron chi connectivity index (χ4n) is 4.27. The summed E-state index contributed by atoms with van der Waals surface area (Å²) >= 11 is 2.52. The molecule has 4 rings (SSSR count). The van der Waals surface area contributed by atoms with Crippen molar-refractivity contribution in [3.8, 4) is 0 Å². The zero-order valence-electron chi connectivity index (χ0n) is 24.9. The zero-order valence-corrected chi connectivity index (χ0v) is 27.4. The molecule has 1 atom stereocenters. The number of hydrogen-bond donors (Lipinski definition) is 6. The van der Waals surface area contributed by atoms with Crippen LogP contribution in [0.5, 0.6) is 0 Å². The third kappa shape index (κ3) is 9.63. The van der Waals surface area contributed by atoms with Gasteiger partial charge in [-0.05, 0) is 67.1 Å². The van der Waals surface area contributed by atoms with E-state index in [1.165, 1.54) is 34.9 Å². The Labute approximate surface area is 274 Å². The second kappa shape index (κ2) is 16.0. The van der Waals surface area contributed by atoms with Crippen LogP contribution < -0.4 is 31.7 Å². The molecule has 8 N–H and O–H groups in total.